The van der Waals surface area contributed by atoms with Crippen LogP contribution in [0.3, 0.4) is 0 Å². The molecule has 0 saturated heterocycles. The number of carbonyl (C=O) groups is 2. The summed E-state index contributed by atoms with van der Waals surface area (Å²) in [5, 5.41) is 6.57. The van der Waals surface area contributed by atoms with Crippen LogP contribution in [0.4, 0.5) is 0 Å². The number of aromatic nitrogens is 2. The molecule has 1 heterocycles. The van der Waals surface area contributed by atoms with Crippen LogP contribution in [0.25, 0.3) is 16.5 Å². The Morgan fingerprint density at radius 1 is 0.969 bits per heavy atom. The van der Waals surface area contributed by atoms with Gasteiger partial charge in [0.2, 0.25) is 0 Å². The van der Waals surface area contributed by atoms with Crippen molar-refractivity contribution in [3.63, 3.8) is 0 Å². The smallest absolute Gasteiger partial charge is 0.279 e. The van der Waals surface area contributed by atoms with Gasteiger partial charge in [-0.05, 0) is 48.9 Å². The Hall–Kier alpha value is -3.84. The summed E-state index contributed by atoms with van der Waals surface area (Å²) in [4.78, 5) is 25.1. The predicted octanol–water partition coefficient (Wildman–Crippen LogP) is 4.22. The van der Waals surface area contributed by atoms with Gasteiger partial charge in [0, 0.05) is 0 Å². The van der Waals surface area contributed by atoms with Crippen molar-refractivity contribution in [1.29, 1.82) is 0 Å². The molecule has 0 aliphatic heterocycles. The van der Waals surface area contributed by atoms with E-state index in [2.05, 4.69) is 16.0 Å². The monoisotopic (exact) mass is 448 g/mol. The molecule has 2 amide bonds. The first kappa shape index (κ1) is 21.4. The minimum absolute atomic E-state index is 0.154. The Labute approximate surface area is 189 Å². The number of benzene rings is 3. The van der Waals surface area contributed by atoms with Gasteiger partial charge < -0.3 is 4.74 Å². The van der Waals surface area contributed by atoms with Gasteiger partial charge in [-0.25, -0.2) is 4.68 Å². The molecule has 0 aliphatic carbocycles. The molecule has 0 radical (unpaired) electrons. The molecule has 0 bridgehead atoms. The molecular weight excluding hydrogens is 428 g/mol. The van der Waals surface area contributed by atoms with Crippen molar-refractivity contribution in [3.8, 4) is 11.4 Å². The number of nitrogens with one attached hydrogen (secondary N) is 2. The molecule has 1 unspecified atom stereocenters. The topological polar surface area (TPSA) is 85.3 Å². The second kappa shape index (κ2) is 9.11. The number of aryl methyl sites for hydroxylation is 1. The van der Waals surface area contributed by atoms with Crippen LogP contribution < -0.4 is 15.6 Å². The number of para-hydroxylation sites is 1. The number of rotatable bonds is 5. The minimum atomic E-state index is -0.833. The van der Waals surface area contributed by atoms with E-state index in [4.69, 9.17) is 16.3 Å². The van der Waals surface area contributed by atoms with E-state index in [0.717, 1.165) is 16.5 Å². The molecule has 0 fully saturated rings. The number of hydrogen-bond donors (Lipinski definition) is 2. The van der Waals surface area contributed by atoms with E-state index in [0.29, 0.717) is 11.4 Å². The van der Waals surface area contributed by atoms with Crippen molar-refractivity contribution >= 4 is 34.2 Å². The van der Waals surface area contributed by atoms with Crippen LogP contribution in [0.1, 0.15) is 23.0 Å². The van der Waals surface area contributed by atoms with Crippen molar-refractivity contribution in [1.82, 2.24) is 20.6 Å². The molecule has 3 aromatic carbocycles. The molecule has 0 spiro atoms. The summed E-state index contributed by atoms with van der Waals surface area (Å²) in [6, 6.07) is 22.7. The third-order valence-electron chi connectivity index (χ3n) is 4.93. The number of fused-ring (bicyclic) bond motifs is 1. The van der Waals surface area contributed by atoms with Gasteiger partial charge in [-0.15, -0.1) is 0 Å². The summed E-state index contributed by atoms with van der Waals surface area (Å²) in [6.07, 6.45) is -0.833. The lowest BCUT2D eigenvalue weighted by Crippen LogP contribution is -2.47. The van der Waals surface area contributed by atoms with Crippen molar-refractivity contribution in [3.05, 3.63) is 89.2 Å². The fourth-order valence-corrected chi connectivity index (χ4v) is 3.64. The van der Waals surface area contributed by atoms with Gasteiger partial charge >= 0.3 is 0 Å². The molecule has 1 aromatic heterocycles. The van der Waals surface area contributed by atoms with Gasteiger partial charge in [-0.3, -0.25) is 20.4 Å². The van der Waals surface area contributed by atoms with Crippen LogP contribution in [-0.4, -0.2) is 27.7 Å². The number of hydrogen-bond acceptors (Lipinski definition) is 4. The first-order valence-electron chi connectivity index (χ1n) is 10.00. The second-order valence-electron chi connectivity index (χ2n) is 7.21. The summed E-state index contributed by atoms with van der Waals surface area (Å²) in [5.74, 6) is -0.516. The molecule has 32 heavy (non-hydrogen) atoms. The fraction of sp³-hybridized carbons (Fsp3) is 0.125. The Bertz CT molecular complexity index is 1290. The number of nitrogens with zero attached hydrogens (tertiary/aromatic N) is 2. The Kier molecular flexibility index (Phi) is 6.09. The first-order chi connectivity index (χ1) is 15.4. The molecule has 0 saturated carbocycles. The highest BCUT2D eigenvalue weighted by molar-refractivity contribution is 6.33. The standard InChI is InChI=1S/C24H21ClN4O3/c1-15-21(22(25)29(28-15)19-10-4-3-5-11-19)24(31)27-26-23(30)16(2)32-20-13-12-17-8-6-7-9-18(17)14-20/h3-14,16H,1-2H3,(H,26,30)(H,27,31). The summed E-state index contributed by atoms with van der Waals surface area (Å²) in [6.45, 7) is 3.27. The zero-order valence-corrected chi connectivity index (χ0v) is 18.3. The van der Waals surface area contributed by atoms with Gasteiger partial charge in [0.25, 0.3) is 11.8 Å². The normalized spacial score (nSPS) is 11.7. The van der Waals surface area contributed by atoms with Crippen LogP contribution in [-0.2, 0) is 4.79 Å². The Balaban J connectivity index is 1.40. The van der Waals surface area contributed by atoms with Crippen LogP contribution in [0.2, 0.25) is 5.15 Å². The average Bonchev–Trinajstić information content (AvgIpc) is 3.11. The lowest BCUT2D eigenvalue weighted by molar-refractivity contribution is -0.128. The van der Waals surface area contributed by atoms with E-state index in [-0.39, 0.29) is 10.7 Å². The fourth-order valence-electron chi connectivity index (χ4n) is 3.28. The SMILES string of the molecule is Cc1nn(-c2ccccc2)c(Cl)c1C(=O)NNC(=O)C(C)Oc1ccc2ccccc2c1. The maximum absolute atomic E-state index is 12.7. The maximum atomic E-state index is 12.7. The molecule has 4 aromatic rings. The zero-order chi connectivity index (χ0) is 22.7. The summed E-state index contributed by atoms with van der Waals surface area (Å²) in [7, 11) is 0. The van der Waals surface area contributed by atoms with Crippen molar-refractivity contribution in [2.75, 3.05) is 0 Å². The summed E-state index contributed by atoms with van der Waals surface area (Å²) >= 11 is 6.39. The third kappa shape index (κ3) is 4.43. The van der Waals surface area contributed by atoms with Gasteiger partial charge in [0.05, 0.1) is 11.4 Å². The van der Waals surface area contributed by atoms with Gasteiger partial charge in [0.15, 0.2) is 6.10 Å². The van der Waals surface area contributed by atoms with Crippen LogP contribution in [0.15, 0.2) is 72.8 Å². The number of ether oxygens (including phenoxy) is 1. The van der Waals surface area contributed by atoms with Crippen LogP contribution >= 0.6 is 11.6 Å². The molecule has 0 aliphatic rings. The lowest BCUT2D eigenvalue weighted by atomic mass is 10.1. The number of halogens is 1. The van der Waals surface area contributed by atoms with Gasteiger partial charge in [-0.1, -0.05) is 60.1 Å². The summed E-state index contributed by atoms with van der Waals surface area (Å²) < 4.78 is 7.20. The van der Waals surface area contributed by atoms with Crippen molar-refractivity contribution in [2.45, 2.75) is 20.0 Å². The predicted molar refractivity (Wildman–Crippen MR) is 123 cm³/mol. The quantitative estimate of drug-likeness (QED) is 0.448. The van der Waals surface area contributed by atoms with Crippen molar-refractivity contribution in [2.24, 2.45) is 0 Å². The molecule has 7 nitrogen and oxygen atoms in total. The highest BCUT2D eigenvalue weighted by Crippen LogP contribution is 2.23. The first-order valence-corrected chi connectivity index (χ1v) is 10.4. The molecule has 2 N–H and O–H groups in total. The van der Waals surface area contributed by atoms with Crippen LogP contribution in [0, 0.1) is 6.92 Å². The Morgan fingerprint density at radius 3 is 2.41 bits per heavy atom. The van der Waals surface area contributed by atoms with Crippen LogP contribution in [0.5, 0.6) is 5.75 Å². The average molecular weight is 449 g/mol. The lowest BCUT2D eigenvalue weighted by Gasteiger charge is -2.15. The number of amides is 2. The molecular formula is C24H21ClN4O3. The molecule has 1 atom stereocenters. The molecule has 4 rings (SSSR count). The van der Waals surface area contributed by atoms with E-state index in [9.17, 15) is 9.59 Å². The van der Waals surface area contributed by atoms with E-state index >= 15 is 0 Å². The van der Waals surface area contributed by atoms with E-state index < -0.39 is 17.9 Å². The van der Waals surface area contributed by atoms with E-state index in [1.54, 1.807) is 19.9 Å². The maximum Gasteiger partial charge on any atom is 0.279 e. The van der Waals surface area contributed by atoms with E-state index in [1.807, 2.05) is 66.7 Å². The Morgan fingerprint density at radius 2 is 1.66 bits per heavy atom. The van der Waals surface area contributed by atoms with Gasteiger partial charge in [-0.2, -0.15) is 5.10 Å². The highest BCUT2D eigenvalue weighted by atomic mass is 35.5. The number of hydrazine groups is 1. The number of carbonyl (C=O) groups excluding carboxylic acids is 2. The second-order valence-corrected chi connectivity index (χ2v) is 7.57. The highest BCUT2D eigenvalue weighted by Gasteiger charge is 2.22. The summed E-state index contributed by atoms with van der Waals surface area (Å²) in [5.41, 5.74) is 6.11. The largest absolute Gasteiger partial charge is 0.481 e. The molecule has 8 heteroatoms. The molecule has 162 valence electrons. The minimum Gasteiger partial charge on any atom is -0.481 e. The van der Waals surface area contributed by atoms with E-state index in [1.165, 1.54) is 4.68 Å². The zero-order valence-electron chi connectivity index (χ0n) is 17.5. The third-order valence-corrected chi connectivity index (χ3v) is 5.28. The van der Waals surface area contributed by atoms with Crippen molar-refractivity contribution < 1.29 is 14.3 Å². The van der Waals surface area contributed by atoms with Gasteiger partial charge in [0.1, 0.15) is 16.5 Å².